The van der Waals surface area contributed by atoms with Gasteiger partial charge in [-0.05, 0) is 16.2 Å². The number of rotatable bonds is 1. The minimum Gasteiger partial charge on any atom is -0.349 e. The predicted octanol–water partition coefficient (Wildman–Crippen LogP) is 3.07. The lowest BCUT2D eigenvalue weighted by Gasteiger charge is -2.17. The lowest BCUT2D eigenvalue weighted by atomic mass is 9.96. The minimum absolute atomic E-state index is 0.312. The summed E-state index contributed by atoms with van der Waals surface area (Å²) in [7, 11) is 2.15. The van der Waals surface area contributed by atoms with Gasteiger partial charge >= 0.3 is 0 Å². The van der Waals surface area contributed by atoms with Crippen molar-refractivity contribution < 1.29 is 0 Å². The SMILES string of the molecule is CC(C)C1=[SH]C(C(C)(C)C)=CN1C. The van der Waals surface area contributed by atoms with E-state index in [0.29, 0.717) is 11.3 Å². The van der Waals surface area contributed by atoms with E-state index in [0.717, 1.165) is 0 Å². The van der Waals surface area contributed by atoms with Gasteiger partial charge in [-0.3, -0.25) is 0 Å². The molecule has 76 valence electrons. The molecule has 0 atom stereocenters. The Morgan fingerprint density at radius 3 is 2.08 bits per heavy atom. The second-order valence-electron chi connectivity index (χ2n) is 5.00. The van der Waals surface area contributed by atoms with Gasteiger partial charge in [-0.15, -0.1) is 0 Å². The van der Waals surface area contributed by atoms with Gasteiger partial charge in [0.1, 0.15) is 0 Å². The van der Waals surface area contributed by atoms with Crippen LogP contribution in [0.2, 0.25) is 0 Å². The third kappa shape index (κ3) is 2.37. The topological polar surface area (TPSA) is 3.24 Å². The van der Waals surface area contributed by atoms with Crippen molar-refractivity contribution in [3.8, 4) is 0 Å². The molecule has 2 heteroatoms. The molecule has 0 saturated heterocycles. The molecule has 0 amide bonds. The van der Waals surface area contributed by atoms with Crippen molar-refractivity contribution in [3.63, 3.8) is 0 Å². The molecule has 0 aromatic carbocycles. The van der Waals surface area contributed by atoms with Crippen molar-refractivity contribution in [1.29, 1.82) is 0 Å². The molecule has 13 heavy (non-hydrogen) atoms. The van der Waals surface area contributed by atoms with Crippen LogP contribution in [0.3, 0.4) is 0 Å². The number of allylic oxidation sites excluding steroid dienone is 1. The van der Waals surface area contributed by atoms with Gasteiger partial charge in [0.05, 0.1) is 0 Å². The molecule has 0 fully saturated rings. The standard InChI is InChI=1S/C11H21NS/c1-8(2)10-12(6)7-9(13-10)11(3,4)5/h7-8,13H,1-6H3. The third-order valence-electron chi connectivity index (χ3n) is 2.20. The first-order valence-electron chi connectivity index (χ1n) is 4.86. The summed E-state index contributed by atoms with van der Waals surface area (Å²) in [6.45, 7) is 11.4. The molecule has 0 spiro atoms. The van der Waals surface area contributed by atoms with E-state index >= 15 is 0 Å². The molecule has 0 radical (unpaired) electrons. The van der Waals surface area contributed by atoms with Crippen LogP contribution in [0.5, 0.6) is 0 Å². The van der Waals surface area contributed by atoms with Gasteiger partial charge in [-0.2, -0.15) is 11.4 Å². The lowest BCUT2D eigenvalue weighted by Crippen LogP contribution is -2.21. The van der Waals surface area contributed by atoms with Crippen LogP contribution in [-0.2, 0) is 0 Å². The Balaban J connectivity index is 2.90. The molecule has 0 saturated carbocycles. The third-order valence-corrected chi connectivity index (χ3v) is 4.29. The Morgan fingerprint density at radius 1 is 1.31 bits per heavy atom. The Hall–Kier alpha value is -0.240. The summed E-state index contributed by atoms with van der Waals surface area (Å²) in [6, 6.07) is 0. The highest BCUT2D eigenvalue weighted by Gasteiger charge is 2.22. The molecule has 0 aromatic heterocycles. The fourth-order valence-corrected chi connectivity index (χ4v) is 2.67. The van der Waals surface area contributed by atoms with Gasteiger partial charge in [-0.25, -0.2) is 0 Å². The van der Waals surface area contributed by atoms with E-state index in [2.05, 4.69) is 52.8 Å². The summed E-state index contributed by atoms with van der Waals surface area (Å²) in [5.74, 6) is 0.655. The maximum atomic E-state index is 2.29. The zero-order chi connectivity index (χ0) is 10.2. The van der Waals surface area contributed by atoms with Crippen LogP contribution in [0.1, 0.15) is 34.6 Å². The summed E-state index contributed by atoms with van der Waals surface area (Å²) < 4.78 is 0. The molecule has 0 aromatic rings. The first-order valence-corrected chi connectivity index (χ1v) is 5.75. The Labute approximate surface area is 85.8 Å². The normalized spacial score (nSPS) is 18.5. The first-order chi connectivity index (χ1) is 5.82. The second-order valence-corrected chi connectivity index (χ2v) is 6.16. The van der Waals surface area contributed by atoms with Crippen LogP contribution in [0, 0.1) is 11.3 Å². The van der Waals surface area contributed by atoms with E-state index in [4.69, 9.17) is 0 Å². The smallest absolute Gasteiger partial charge is 0.0455 e. The van der Waals surface area contributed by atoms with E-state index in [1.54, 1.807) is 0 Å². The molecule has 0 aliphatic carbocycles. The van der Waals surface area contributed by atoms with Crippen LogP contribution in [0.25, 0.3) is 0 Å². The maximum absolute atomic E-state index is 2.29. The van der Waals surface area contributed by atoms with Crippen LogP contribution in [0.15, 0.2) is 11.1 Å². The number of hydrogen-bond donors (Lipinski definition) is 1. The van der Waals surface area contributed by atoms with E-state index in [9.17, 15) is 0 Å². The predicted molar refractivity (Wildman–Crippen MR) is 64.1 cm³/mol. The average molecular weight is 199 g/mol. The fraction of sp³-hybridized carbons (Fsp3) is 0.727. The molecular formula is C11H21NS. The van der Waals surface area contributed by atoms with E-state index in [-0.39, 0.29) is 0 Å². The van der Waals surface area contributed by atoms with Gasteiger partial charge in [-0.1, -0.05) is 34.6 Å². The summed E-state index contributed by atoms with van der Waals surface area (Å²) >= 11 is 1.42. The quantitative estimate of drug-likeness (QED) is 0.502. The molecule has 1 rings (SSSR count). The van der Waals surface area contributed by atoms with Crippen molar-refractivity contribution in [2.45, 2.75) is 34.6 Å². The largest absolute Gasteiger partial charge is 0.349 e. The number of hydrogen-bond acceptors (Lipinski definition) is 1. The molecule has 0 N–H and O–H groups in total. The average Bonchev–Trinajstić information content (AvgIpc) is 2.29. The molecule has 1 heterocycles. The molecule has 1 nitrogen and oxygen atoms in total. The van der Waals surface area contributed by atoms with Gasteiger partial charge in [0.15, 0.2) is 0 Å². The van der Waals surface area contributed by atoms with Crippen LogP contribution in [0.4, 0.5) is 0 Å². The number of nitrogens with zero attached hydrogens (tertiary/aromatic N) is 1. The van der Waals surface area contributed by atoms with Gasteiger partial charge in [0.2, 0.25) is 0 Å². The van der Waals surface area contributed by atoms with Crippen LogP contribution < -0.4 is 0 Å². The second kappa shape index (κ2) is 3.49. The summed E-state index contributed by atoms with van der Waals surface area (Å²) in [5.41, 5.74) is 0.312. The maximum Gasteiger partial charge on any atom is 0.0455 e. The molecule has 1 aliphatic rings. The van der Waals surface area contributed by atoms with Gasteiger partial charge in [0.25, 0.3) is 0 Å². The highest BCUT2D eigenvalue weighted by molar-refractivity contribution is 8.02. The molecule has 1 aliphatic heterocycles. The highest BCUT2D eigenvalue weighted by Crippen LogP contribution is 2.36. The number of thiol groups is 1. The highest BCUT2D eigenvalue weighted by atomic mass is 32.1. The van der Waals surface area contributed by atoms with Gasteiger partial charge in [0, 0.05) is 18.2 Å². The zero-order valence-electron chi connectivity index (χ0n) is 9.55. The van der Waals surface area contributed by atoms with Crippen molar-refractivity contribution in [2.24, 2.45) is 11.3 Å². The minimum atomic E-state index is 0.312. The van der Waals surface area contributed by atoms with Crippen LogP contribution >= 0.6 is 11.4 Å². The van der Waals surface area contributed by atoms with Crippen molar-refractivity contribution in [2.75, 3.05) is 7.05 Å². The van der Waals surface area contributed by atoms with E-state index in [1.165, 1.54) is 21.2 Å². The van der Waals surface area contributed by atoms with Gasteiger partial charge < -0.3 is 4.90 Å². The Bertz CT molecular complexity index is 256. The van der Waals surface area contributed by atoms with E-state index in [1.807, 2.05) is 0 Å². The van der Waals surface area contributed by atoms with Crippen molar-refractivity contribution >= 4 is 16.3 Å². The Morgan fingerprint density at radius 2 is 1.85 bits per heavy atom. The summed E-state index contributed by atoms with van der Waals surface area (Å²) in [4.78, 5) is 5.33. The molecule has 0 unspecified atom stereocenters. The van der Waals surface area contributed by atoms with E-state index < -0.39 is 0 Å². The summed E-state index contributed by atoms with van der Waals surface area (Å²) in [6.07, 6.45) is 2.29. The van der Waals surface area contributed by atoms with Crippen molar-refractivity contribution in [3.05, 3.63) is 11.1 Å². The fourth-order valence-electron chi connectivity index (χ4n) is 1.38. The monoisotopic (exact) mass is 199 g/mol. The van der Waals surface area contributed by atoms with Crippen molar-refractivity contribution in [1.82, 2.24) is 4.90 Å². The molecular weight excluding hydrogens is 178 g/mol. The molecule has 0 bridgehead atoms. The zero-order valence-corrected chi connectivity index (χ0v) is 10.4. The first kappa shape index (κ1) is 10.8. The summed E-state index contributed by atoms with van der Waals surface area (Å²) in [5, 5.41) is 0. The Kier molecular flexibility index (Phi) is 2.91. The lowest BCUT2D eigenvalue weighted by molar-refractivity contribution is 0.521. The van der Waals surface area contributed by atoms with Crippen LogP contribution in [-0.4, -0.2) is 16.9 Å².